The lowest BCUT2D eigenvalue weighted by molar-refractivity contribution is -0.119. The van der Waals surface area contributed by atoms with Crippen LogP contribution < -0.4 is 5.32 Å². The number of hydrogen-bond donors (Lipinski definition) is 1. The van der Waals surface area contributed by atoms with Crippen LogP contribution in [0.2, 0.25) is 0 Å². The minimum atomic E-state index is -0.545. The minimum absolute atomic E-state index is 0. The lowest BCUT2D eigenvalue weighted by Crippen LogP contribution is -2.35. The lowest BCUT2D eigenvalue weighted by atomic mass is 9.99. The van der Waals surface area contributed by atoms with Crippen molar-refractivity contribution in [1.82, 2.24) is 5.32 Å². The molecule has 0 radical (unpaired) electrons. The highest BCUT2D eigenvalue weighted by atomic mass is 35.5. The number of carbonyl (C=O) groups is 1. The Morgan fingerprint density at radius 2 is 2.14 bits per heavy atom. The van der Waals surface area contributed by atoms with Crippen LogP contribution in [0.5, 0.6) is 0 Å². The molecule has 0 bridgehead atoms. The maximum absolute atomic E-state index is 11.3. The highest BCUT2D eigenvalue weighted by Gasteiger charge is 2.17. The molecule has 1 unspecified atom stereocenters. The largest absolute Gasteiger partial charge is 0.314 e. The third-order valence-electron chi connectivity index (χ3n) is 2.27. The van der Waals surface area contributed by atoms with Crippen molar-refractivity contribution in [2.75, 3.05) is 6.54 Å². The Hall–Kier alpha value is 0.500. The molecule has 1 atom stereocenters. The molecule has 1 aliphatic heterocycles. The Kier molecular flexibility index (Phi) is 8.02. The average molecular weight is 261 g/mol. The molecular formula is C9H16Cl3NO. The van der Waals surface area contributed by atoms with Crippen molar-refractivity contribution in [3.8, 4) is 0 Å². The smallest absolute Gasteiger partial charge is 0.137 e. The van der Waals surface area contributed by atoms with Crippen molar-refractivity contribution in [2.24, 2.45) is 0 Å². The summed E-state index contributed by atoms with van der Waals surface area (Å²) in [6.45, 7) is 1.03. The topological polar surface area (TPSA) is 29.1 Å². The summed E-state index contributed by atoms with van der Waals surface area (Å²) >= 11 is 11.0. The number of rotatable bonds is 4. The van der Waals surface area contributed by atoms with Gasteiger partial charge in [-0.2, -0.15) is 0 Å². The van der Waals surface area contributed by atoms with E-state index in [4.69, 9.17) is 23.2 Å². The molecule has 5 heteroatoms. The molecule has 0 amide bonds. The molecule has 0 aromatic rings. The molecule has 0 aromatic heterocycles. The molecule has 84 valence electrons. The predicted molar refractivity (Wildman–Crippen MR) is 62.6 cm³/mol. The van der Waals surface area contributed by atoms with E-state index in [1.54, 1.807) is 0 Å². The van der Waals surface area contributed by atoms with E-state index in [-0.39, 0.29) is 24.6 Å². The van der Waals surface area contributed by atoms with E-state index in [2.05, 4.69) is 5.32 Å². The first-order valence-corrected chi connectivity index (χ1v) is 5.59. The molecule has 0 saturated carbocycles. The van der Waals surface area contributed by atoms with Crippen LogP contribution in [-0.2, 0) is 4.79 Å². The third-order valence-corrected chi connectivity index (χ3v) is 2.58. The number of carbonyl (C=O) groups excluding carboxylic acids is 1. The maximum Gasteiger partial charge on any atom is 0.137 e. The zero-order valence-corrected chi connectivity index (χ0v) is 10.3. The molecule has 1 rings (SSSR count). The summed E-state index contributed by atoms with van der Waals surface area (Å²) in [6, 6.07) is 0.355. The van der Waals surface area contributed by atoms with Crippen molar-refractivity contribution in [1.29, 1.82) is 0 Å². The third kappa shape index (κ3) is 6.07. The van der Waals surface area contributed by atoms with Gasteiger partial charge in [0.1, 0.15) is 10.6 Å². The predicted octanol–water partition coefficient (Wildman–Crippen LogP) is 2.70. The Bertz CT molecular complexity index is 169. The highest BCUT2D eigenvalue weighted by Crippen LogP contribution is 2.14. The van der Waals surface area contributed by atoms with E-state index >= 15 is 0 Å². The molecule has 14 heavy (non-hydrogen) atoms. The number of Topliss-reactive ketones (excluding diaryl/α,β-unsaturated/α-hetero) is 1. The van der Waals surface area contributed by atoms with Crippen LogP contribution in [0.1, 0.15) is 32.1 Å². The van der Waals surface area contributed by atoms with Gasteiger partial charge in [0.15, 0.2) is 0 Å². The van der Waals surface area contributed by atoms with Crippen LogP contribution in [0.3, 0.4) is 0 Å². The lowest BCUT2D eigenvalue weighted by Gasteiger charge is -2.22. The fraction of sp³-hybridized carbons (Fsp3) is 0.889. The second-order valence-electron chi connectivity index (χ2n) is 3.48. The number of alkyl halides is 2. The van der Waals surface area contributed by atoms with E-state index in [0.717, 1.165) is 13.0 Å². The summed E-state index contributed by atoms with van der Waals surface area (Å²) in [5, 5.41) is 3.32. The highest BCUT2D eigenvalue weighted by molar-refractivity contribution is 6.45. The zero-order chi connectivity index (χ0) is 9.68. The SMILES string of the molecule is Cl.O=C(CC(Cl)Cl)CC1CCCCN1. The quantitative estimate of drug-likeness (QED) is 0.788. The van der Waals surface area contributed by atoms with Gasteiger partial charge in [-0.05, 0) is 19.4 Å². The van der Waals surface area contributed by atoms with Gasteiger partial charge >= 0.3 is 0 Å². The van der Waals surface area contributed by atoms with Crippen molar-refractivity contribution in [3.05, 3.63) is 0 Å². The number of nitrogens with one attached hydrogen (secondary N) is 1. The first-order chi connectivity index (χ1) is 6.18. The summed E-state index contributed by atoms with van der Waals surface area (Å²) in [6.07, 6.45) is 4.40. The van der Waals surface area contributed by atoms with Gasteiger partial charge in [-0.15, -0.1) is 35.6 Å². The zero-order valence-electron chi connectivity index (χ0n) is 7.97. The van der Waals surface area contributed by atoms with Crippen LogP contribution in [0.15, 0.2) is 0 Å². The summed E-state index contributed by atoms with van der Waals surface area (Å²) in [7, 11) is 0. The van der Waals surface area contributed by atoms with E-state index in [1.807, 2.05) is 0 Å². The summed E-state index contributed by atoms with van der Waals surface area (Å²) < 4.78 is 0. The molecule has 1 saturated heterocycles. The normalized spacial score (nSPS) is 21.8. The van der Waals surface area contributed by atoms with Crippen LogP contribution in [0.25, 0.3) is 0 Å². The van der Waals surface area contributed by atoms with Crippen LogP contribution in [0.4, 0.5) is 0 Å². The fourth-order valence-corrected chi connectivity index (χ4v) is 1.97. The Labute approximate surface area is 101 Å². The van der Waals surface area contributed by atoms with Gasteiger partial charge in [0.25, 0.3) is 0 Å². The molecule has 1 N–H and O–H groups in total. The maximum atomic E-state index is 11.3. The van der Waals surface area contributed by atoms with Gasteiger partial charge in [0.2, 0.25) is 0 Å². The second kappa shape index (κ2) is 7.75. The van der Waals surface area contributed by atoms with Gasteiger partial charge < -0.3 is 5.32 Å². The number of halogens is 3. The number of hydrogen-bond acceptors (Lipinski definition) is 2. The first kappa shape index (κ1) is 14.5. The number of ketones is 1. The summed E-state index contributed by atoms with van der Waals surface area (Å²) in [5.41, 5.74) is 0. The van der Waals surface area contributed by atoms with Gasteiger partial charge in [-0.1, -0.05) is 6.42 Å². The van der Waals surface area contributed by atoms with Crippen molar-refractivity contribution < 1.29 is 4.79 Å². The summed E-state index contributed by atoms with van der Waals surface area (Å²) in [5.74, 6) is 0.161. The standard InChI is InChI=1S/C9H15Cl2NO.ClH/c10-9(11)6-8(13)5-7-3-1-2-4-12-7;/h7,9,12H,1-6H2;1H. The van der Waals surface area contributed by atoms with Crippen LogP contribution >= 0.6 is 35.6 Å². The molecule has 1 fully saturated rings. The second-order valence-corrected chi connectivity index (χ2v) is 4.76. The molecule has 2 nitrogen and oxygen atoms in total. The monoisotopic (exact) mass is 259 g/mol. The van der Waals surface area contributed by atoms with Crippen molar-refractivity contribution >= 4 is 41.4 Å². The Morgan fingerprint density at radius 1 is 1.43 bits per heavy atom. The van der Waals surface area contributed by atoms with Gasteiger partial charge in [-0.25, -0.2) is 0 Å². The molecule has 1 aliphatic rings. The van der Waals surface area contributed by atoms with E-state index in [0.29, 0.717) is 12.5 Å². The minimum Gasteiger partial charge on any atom is -0.314 e. The molecule has 0 aromatic carbocycles. The molecule has 0 aliphatic carbocycles. The Morgan fingerprint density at radius 3 is 2.64 bits per heavy atom. The van der Waals surface area contributed by atoms with E-state index in [1.165, 1.54) is 12.8 Å². The Balaban J connectivity index is 0.00000169. The van der Waals surface area contributed by atoms with E-state index < -0.39 is 4.84 Å². The number of piperidine rings is 1. The van der Waals surface area contributed by atoms with Crippen LogP contribution in [-0.4, -0.2) is 23.2 Å². The first-order valence-electron chi connectivity index (χ1n) is 4.71. The molecule has 0 spiro atoms. The van der Waals surface area contributed by atoms with Gasteiger partial charge in [0.05, 0.1) is 0 Å². The van der Waals surface area contributed by atoms with Gasteiger partial charge in [0, 0.05) is 18.9 Å². The van der Waals surface area contributed by atoms with Crippen molar-refractivity contribution in [2.45, 2.75) is 43.0 Å². The molecule has 1 heterocycles. The van der Waals surface area contributed by atoms with Crippen LogP contribution in [0, 0.1) is 0 Å². The summed E-state index contributed by atoms with van der Waals surface area (Å²) in [4.78, 5) is 10.8. The average Bonchev–Trinajstić information content (AvgIpc) is 2.04. The van der Waals surface area contributed by atoms with E-state index in [9.17, 15) is 4.79 Å². The van der Waals surface area contributed by atoms with Crippen molar-refractivity contribution in [3.63, 3.8) is 0 Å². The van der Waals surface area contributed by atoms with Gasteiger partial charge in [-0.3, -0.25) is 4.79 Å². The fourth-order valence-electron chi connectivity index (χ4n) is 1.63. The molecular weight excluding hydrogens is 244 g/mol.